The Morgan fingerprint density at radius 3 is 2.76 bits per heavy atom. The first-order valence-corrected chi connectivity index (χ1v) is 5.32. The molecule has 0 bridgehead atoms. The van der Waals surface area contributed by atoms with Gasteiger partial charge in [-0.05, 0) is 12.1 Å². The van der Waals surface area contributed by atoms with Gasteiger partial charge >= 0.3 is 0 Å². The van der Waals surface area contributed by atoms with Crippen LogP contribution in [0.1, 0.15) is 0 Å². The van der Waals surface area contributed by atoms with Gasteiger partial charge in [0, 0.05) is 19.2 Å². The number of halogens is 2. The molecular weight excluding hydrogens is 243 g/mol. The molecule has 1 aromatic carbocycles. The maximum Gasteiger partial charge on any atom is 0.147 e. The van der Waals surface area contributed by atoms with Crippen LogP contribution < -0.4 is 10.1 Å². The second-order valence-electron chi connectivity index (χ2n) is 3.34. The smallest absolute Gasteiger partial charge is 0.147 e. The highest BCUT2D eigenvalue weighted by Crippen LogP contribution is 2.26. The van der Waals surface area contributed by atoms with Crippen LogP contribution in [-0.2, 0) is 0 Å². The molecule has 3 nitrogen and oxygen atoms in total. The highest BCUT2D eigenvalue weighted by Gasteiger charge is 2.03. The fraction of sp³-hybridized carbons (Fsp3) is 0.0833. The van der Waals surface area contributed by atoms with Crippen molar-refractivity contribution >= 4 is 17.3 Å². The van der Waals surface area contributed by atoms with Crippen LogP contribution in [0.25, 0.3) is 0 Å². The van der Waals surface area contributed by atoms with E-state index in [9.17, 15) is 4.39 Å². The van der Waals surface area contributed by atoms with E-state index in [1.165, 1.54) is 12.1 Å². The van der Waals surface area contributed by atoms with Crippen molar-refractivity contribution in [2.24, 2.45) is 0 Å². The third-order valence-corrected chi connectivity index (χ3v) is 2.44. The Hall–Kier alpha value is -1.81. The Bertz CT molecular complexity index is 534. The lowest BCUT2D eigenvalue weighted by atomic mass is 10.3. The van der Waals surface area contributed by atoms with Crippen molar-refractivity contribution in [3.63, 3.8) is 0 Å². The second kappa shape index (κ2) is 5.01. The maximum atomic E-state index is 13.2. The van der Waals surface area contributed by atoms with E-state index in [2.05, 4.69) is 10.3 Å². The Morgan fingerprint density at radius 1 is 1.24 bits per heavy atom. The molecule has 1 aromatic heterocycles. The summed E-state index contributed by atoms with van der Waals surface area (Å²) in [6.45, 7) is 0. The van der Waals surface area contributed by atoms with Crippen LogP contribution in [-0.4, -0.2) is 12.0 Å². The summed E-state index contributed by atoms with van der Waals surface area (Å²) in [5.74, 6) is 0.391. The molecule has 2 rings (SSSR count). The normalized spacial score (nSPS) is 10.1. The van der Waals surface area contributed by atoms with Crippen molar-refractivity contribution in [3.8, 4) is 11.5 Å². The number of nitrogens with one attached hydrogen (secondary N) is 1. The number of hydrogen-bond acceptors (Lipinski definition) is 3. The van der Waals surface area contributed by atoms with Crippen molar-refractivity contribution in [1.29, 1.82) is 0 Å². The zero-order valence-electron chi connectivity index (χ0n) is 9.08. The monoisotopic (exact) mass is 252 g/mol. The lowest BCUT2D eigenvalue weighted by molar-refractivity contribution is 0.475. The molecule has 5 heteroatoms. The average molecular weight is 253 g/mol. The number of benzene rings is 1. The van der Waals surface area contributed by atoms with E-state index in [4.69, 9.17) is 16.3 Å². The molecule has 0 atom stereocenters. The SMILES string of the molecule is CNc1cncc(Oc2ccc(Cl)c(F)c2)c1. The highest BCUT2D eigenvalue weighted by atomic mass is 35.5. The van der Waals surface area contributed by atoms with Gasteiger partial charge in [-0.25, -0.2) is 4.39 Å². The maximum absolute atomic E-state index is 13.2. The topological polar surface area (TPSA) is 34.2 Å². The molecule has 17 heavy (non-hydrogen) atoms. The summed E-state index contributed by atoms with van der Waals surface area (Å²) in [4.78, 5) is 3.98. The molecular formula is C12H10ClFN2O. The van der Waals surface area contributed by atoms with E-state index in [1.54, 1.807) is 31.6 Å². The summed E-state index contributed by atoms with van der Waals surface area (Å²) in [7, 11) is 1.78. The van der Waals surface area contributed by atoms with Gasteiger partial charge in [0.1, 0.15) is 17.3 Å². The number of aromatic nitrogens is 1. The molecule has 0 fully saturated rings. The predicted molar refractivity (Wildman–Crippen MR) is 65.3 cm³/mol. The van der Waals surface area contributed by atoms with Crippen molar-refractivity contribution in [3.05, 3.63) is 47.5 Å². The summed E-state index contributed by atoms with van der Waals surface area (Å²) < 4.78 is 18.6. The van der Waals surface area contributed by atoms with Crippen LogP contribution in [0.2, 0.25) is 5.02 Å². The van der Waals surface area contributed by atoms with Crippen LogP contribution >= 0.6 is 11.6 Å². The average Bonchev–Trinajstić information content (AvgIpc) is 2.34. The largest absolute Gasteiger partial charge is 0.456 e. The molecule has 1 N–H and O–H groups in total. The van der Waals surface area contributed by atoms with E-state index in [-0.39, 0.29) is 5.02 Å². The first-order valence-electron chi connectivity index (χ1n) is 4.95. The minimum absolute atomic E-state index is 0.0689. The van der Waals surface area contributed by atoms with E-state index in [1.807, 2.05) is 0 Å². The number of rotatable bonds is 3. The van der Waals surface area contributed by atoms with Crippen LogP contribution in [0, 0.1) is 5.82 Å². The van der Waals surface area contributed by atoms with Gasteiger partial charge in [-0.2, -0.15) is 0 Å². The summed E-state index contributed by atoms with van der Waals surface area (Å²) in [5, 5.41) is 3.00. The molecule has 0 amide bonds. The summed E-state index contributed by atoms with van der Waals surface area (Å²) in [6.07, 6.45) is 3.21. The Balaban J connectivity index is 2.22. The fourth-order valence-corrected chi connectivity index (χ4v) is 1.41. The van der Waals surface area contributed by atoms with E-state index in [0.29, 0.717) is 11.5 Å². The molecule has 2 aromatic rings. The Morgan fingerprint density at radius 2 is 2.06 bits per heavy atom. The summed E-state index contributed by atoms with van der Waals surface area (Å²) >= 11 is 5.58. The van der Waals surface area contributed by atoms with Gasteiger partial charge in [0.15, 0.2) is 0 Å². The van der Waals surface area contributed by atoms with E-state index < -0.39 is 5.82 Å². The predicted octanol–water partition coefficient (Wildman–Crippen LogP) is 3.71. The van der Waals surface area contributed by atoms with Gasteiger partial charge in [-0.15, -0.1) is 0 Å². The molecule has 88 valence electrons. The van der Waals surface area contributed by atoms with Gasteiger partial charge < -0.3 is 10.1 Å². The third-order valence-electron chi connectivity index (χ3n) is 2.13. The number of ether oxygens (including phenoxy) is 1. The Kier molecular flexibility index (Phi) is 3.44. The third kappa shape index (κ3) is 2.85. The highest BCUT2D eigenvalue weighted by molar-refractivity contribution is 6.30. The molecule has 0 saturated heterocycles. The quantitative estimate of drug-likeness (QED) is 0.904. The van der Waals surface area contributed by atoms with Gasteiger partial charge in [0.05, 0.1) is 23.1 Å². The van der Waals surface area contributed by atoms with Gasteiger partial charge in [0.25, 0.3) is 0 Å². The molecule has 0 radical (unpaired) electrons. The summed E-state index contributed by atoms with van der Waals surface area (Å²) in [6, 6.07) is 6.03. The number of nitrogens with zero attached hydrogens (tertiary/aromatic N) is 1. The number of hydrogen-bond donors (Lipinski definition) is 1. The standard InChI is InChI=1S/C12H10ClFN2O/c1-15-8-4-10(7-16-6-8)17-9-2-3-11(13)12(14)5-9/h2-7,15H,1H3. The summed E-state index contributed by atoms with van der Waals surface area (Å²) in [5.41, 5.74) is 0.817. The molecule has 0 saturated carbocycles. The van der Waals surface area contributed by atoms with Crippen LogP contribution in [0.4, 0.5) is 10.1 Å². The molecule has 0 aliphatic heterocycles. The minimum Gasteiger partial charge on any atom is -0.456 e. The van der Waals surface area contributed by atoms with Gasteiger partial charge in [0.2, 0.25) is 0 Å². The fourth-order valence-electron chi connectivity index (χ4n) is 1.29. The van der Waals surface area contributed by atoms with Crippen molar-refractivity contribution in [1.82, 2.24) is 4.98 Å². The lowest BCUT2D eigenvalue weighted by Crippen LogP contribution is -1.91. The Labute approximate surface area is 103 Å². The van der Waals surface area contributed by atoms with Crippen molar-refractivity contribution in [2.75, 3.05) is 12.4 Å². The number of pyridine rings is 1. The second-order valence-corrected chi connectivity index (χ2v) is 3.74. The minimum atomic E-state index is -0.512. The molecule has 0 spiro atoms. The van der Waals surface area contributed by atoms with E-state index >= 15 is 0 Å². The van der Waals surface area contributed by atoms with Crippen LogP contribution in [0.3, 0.4) is 0 Å². The molecule has 0 aliphatic rings. The van der Waals surface area contributed by atoms with Crippen LogP contribution in [0.15, 0.2) is 36.7 Å². The van der Waals surface area contributed by atoms with E-state index in [0.717, 1.165) is 5.69 Å². The first kappa shape index (κ1) is 11.7. The first-order chi connectivity index (χ1) is 8.19. The number of anilines is 1. The lowest BCUT2D eigenvalue weighted by Gasteiger charge is -2.07. The van der Waals surface area contributed by atoms with Crippen molar-refractivity contribution < 1.29 is 9.13 Å². The van der Waals surface area contributed by atoms with Gasteiger partial charge in [-0.3, -0.25) is 4.98 Å². The van der Waals surface area contributed by atoms with Gasteiger partial charge in [-0.1, -0.05) is 11.6 Å². The molecule has 0 aliphatic carbocycles. The zero-order valence-corrected chi connectivity index (χ0v) is 9.83. The molecule has 1 heterocycles. The van der Waals surface area contributed by atoms with Crippen molar-refractivity contribution in [2.45, 2.75) is 0 Å². The zero-order chi connectivity index (χ0) is 12.3. The van der Waals surface area contributed by atoms with Crippen LogP contribution in [0.5, 0.6) is 11.5 Å². The molecule has 0 unspecified atom stereocenters.